The van der Waals surface area contributed by atoms with Crippen molar-refractivity contribution < 1.29 is 4.79 Å². The Morgan fingerprint density at radius 3 is 2.50 bits per heavy atom. The molecule has 3 aromatic carbocycles. The number of nitrogens with zero attached hydrogens (tertiary/aromatic N) is 1. The molecule has 0 radical (unpaired) electrons. The minimum absolute atomic E-state index is 0.352. The van der Waals surface area contributed by atoms with Crippen LogP contribution in [0.5, 0.6) is 0 Å². The zero-order valence-electron chi connectivity index (χ0n) is 19.4. The molecule has 6 heteroatoms. The van der Waals surface area contributed by atoms with Crippen molar-refractivity contribution in [2.75, 3.05) is 31.1 Å². The van der Waals surface area contributed by atoms with Gasteiger partial charge in [-0.15, -0.1) is 0 Å². The molecule has 0 spiro atoms. The van der Waals surface area contributed by atoms with Gasteiger partial charge in [-0.25, -0.2) is 0 Å². The Labute approximate surface area is 211 Å². The third-order valence-electron chi connectivity index (χ3n) is 7.01. The summed E-state index contributed by atoms with van der Waals surface area (Å²) in [7, 11) is 0. The van der Waals surface area contributed by atoms with Crippen molar-refractivity contribution in [2.24, 2.45) is 5.73 Å². The van der Waals surface area contributed by atoms with Crippen molar-refractivity contribution in [1.82, 2.24) is 5.32 Å². The average Bonchev–Trinajstić information content (AvgIpc) is 3.22. The van der Waals surface area contributed by atoms with Crippen molar-refractivity contribution in [3.63, 3.8) is 0 Å². The van der Waals surface area contributed by atoms with E-state index >= 15 is 0 Å². The number of carbonyl (C=O) groups is 1. The van der Waals surface area contributed by atoms with E-state index in [0.717, 1.165) is 84.5 Å². The molecule has 3 N–H and O–H groups in total. The lowest BCUT2D eigenvalue weighted by atomic mass is 9.83. The first-order valence-electron chi connectivity index (χ1n) is 12.0. The largest absolute Gasteiger partial charge is 0.368 e. The van der Waals surface area contributed by atoms with E-state index in [9.17, 15) is 4.79 Å². The molecule has 1 heterocycles. The molecule has 4 nitrogen and oxygen atoms in total. The van der Waals surface area contributed by atoms with E-state index in [1.165, 1.54) is 5.56 Å². The second-order valence-electron chi connectivity index (χ2n) is 9.07. The van der Waals surface area contributed by atoms with Gasteiger partial charge in [-0.1, -0.05) is 72.9 Å². The fourth-order valence-electron chi connectivity index (χ4n) is 5.52. The highest BCUT2D eigenvalue weighted by molar-refractivity contribution is 6.44. The minimum Gasteiger partial charge on any atom is -0.368 e. The molecule has 5 rings (SSSR count). The standard InChI is InChI=1S/C28H29Cl2N3O/c1-2-3-8-20-24(28(31)34)21-16-17-7-4-5-9-18(17)23(21)25(19-10-6-11-22(29)26(19)30)27(20)33-14-12-32-13-15-33/h4-7,9-11,32H,2-3,8,12-16H2,1H3,(H2,31,34). The van der Waals surface area contributed by atoms with Crippen LogP contribution in [0.2, 0.25) is 10.0 Å². The summed E-state index contributed by atoms with van der Waals surface area (Å²) in [6, 6.07) is 14.2. The molecule has 1 amide bonds. The maximum atomic E-state index is 13.0. The Bertz CT molecular complexity index is 1260. The van der Waals surface area contributed by atoms with E-state index < -0.39 is 0 Å². The predicted octanol–water partition coefficient (Wildman–Crippen LogP) is 6.08. The first-order valence-corrected chi connectivity index (χ1v) is 12.8. The summed E-state index contributed by atoms with van der Waals surface area (Å²) < 4.78 is 0. The van der Waals surface area contributed by atoms with E-state index in [0.29, 0.717) is 22.0 Å². The van der Waals surface area contributed by atoms with Crippen molar-refractivity contribution in [3.05, 3.63) is 74.8 Å². The van der Waals surface area contributed by atoms with Gasteiger partial charge < -0.3 is 16.0 Å². The Morgan fingerprint density at radius 2 is 1.76 bits per heavy atom. The summed E-state index contributed by atoms with van der Waals surface area (Å²) in [6.45, 7) is 5.64. The number of piperazine rings is 1. The van der Waals surface area contributed by atoms with Gasteiger partial charge in [0.15, 0.2) is 0 Å². The molecule has 0 atom stereocenters. The molecule has 0 unspecified atom stereocenters. The minimum atomic E-state index is -0.352. The molecular weight excluding hydrogens is 465 g/mol. The molecule has 176 valence electrons. The highest BCUT2D eigenvalue weighted by Crippen LogP contribution is 2.53. The lowest BCUT2D eigenvalue weighted by Crippen LogP contribution is -2.44. The monoisotopic (exact) mass is 493 g/mol. The number of hydrogen-bond donors (Lipinski definition) is 2. The number of primary amides is 1. The topological polar surface area (TPSA) is 58.4 Å². The highest BCUT2D eigenvalue weighted by atomic mass is 35.5. The molecule has 0 saturated carbocycles. The van der Waals surface area contributed by atoms with Gasteiger partial charge in [0, 0.05) is 48.6 Å². The molecule has 0 aromatic heterocycles. The zero-order valence-corrected chi connectivity index (χ0v) is 20.9. The number of halogens is 2. The number of hydrogen-bond acceptors (Lipinski definition) is 3. The van der Waals surface area contributed by atoms with E-state index in [1.54, 1.807) is 0 Å². The van der Waals surface area contributed by atoms with Crippen LogP contribution in [0, 0.1) is 0 Å². The Hall–Kier alpha value is -2.53. The van der Waals surface area contributed by atoms with E-state index in [1.807, 2.05) is 18.2 Å². The molecule has 1 aliphatic heterocycles. The third kappa shape index (κ3) is 3.88. The number of benzene rings is 3. The summed E-state index contributed by atoms with van der Waals surface area (Å²) in [6.07, 6.45) is 3.50. The number of nitrogens with one attached hydrogen (secondary N) is 1. The van der Waals surface area contributed by atoms with Gasteiger partial charge in [-0.2, -0.15) is 0 Å². The van der Waals surface area contributed by atoms with Crippen LogP contribution in [-0.4, -0.2) is 32.1 Å². The van der Waals surface area contributed by atoms with Crippen molar-refractivity contribution >= 4 is 34.8 Å². The van der Waals surface area contributed by atoms with Gasteiger partial charge in [0.05, 0.1) is 10.0 Å². The lowest BCUT2D eigenvalue weighted by Gasteiger charge is -2.35. The van der Waals surface area contributed by atoms with Crippen LogP contribution in [0.3, 0.4) is 0 Å². The fourth-order valence-corrected chi connectivity index (χ4v) is 5.91. The summed E-state index contributed by atoms with van der Waals surface area (Å²) in [5.74, 6) is -0.352. The quantitative estimate of drug-likeness (QED) is 0.342. The Morgan fingerprint density at radius 1 is 1.03 bits per heavy atom. The number of carbonyl (C=O) groups excluding carboxylic acids is 1. The molecule has 2 aliphatic rings. The van der Waals surface area contributed by atoms with Crippen LogP contribution in [0.15, 0.2) is 42.5 Å². The van der Waals surface area contributed by atoms with Gasteiger partial charge >= 0.3 is 0 Å². The maximum absolute atomic E-state index is 13.0. The normalized spacial score (nSPS) is 14.7. The molecule has 1 saturated heterocycles. The summed E-state index contributed by atoms with van der Waals surface area (Å²) >= 11 is 13.4. The van der Waals surface area contributed by atoms with Crippen LogP contribution in [0.25, 0.3) is 22.3 Å². The summed E-state index contributed by atoms with van der Waals surface area (Å²) in [5.41, 5.74) is 15.4. The number of unbranched alkanes of at least 4 members (excludes halogenated alkanes) is 1. The van der Waals surface area contributed by atoms with Crippen LogP contribution < -0.4 is 16.0 Å². The van der Waals surface area contributed by atoms with Crippen LogP contribution in [0.4, 0.5) is 5.69 Å². The SMILES string of the molecule is CCCCc1c(C(N)=O)c2c(c(-c3cccc(Cl)c3Cl)c1N1CCNCC1)-c1ccccc1C2. The number of fused-ring (bicyclic) bond motifs is 3. The molecular formula is C28H29Cl2N3O. The lowest BCUT2D eigenvalue weighted by molar-refractivity contribution is 0.0998. The number of rotatable bonds is 6. The van der Waals surface area contributed by atoms with Crippen molar-refractivity contribution in [3.8, 4) is 22.3 Å². The van der Waals surface area contributed by atoms with E-state index in [2.05, 4.69) is 41.4 Å². The first-order chi connectivity index (χ1) is 16.5. The van der Waals surface area contributed by atoms with Gasteiger partial charge in [0.2, 0.25) is 5.91 Å². The van der Waals surface area contributed by atoms with Crippen molar-refractivity contribution in [1.29, 1.82) is 0 Å². The number of anilines is 1. The second kappa shape index (κ2) is 9.61. The van der Waals surface area contributed by atoms with E-state index in [-0.39, 0.29) is 5.91 Å². The van der Waals surface area contributed by atoms with Gasteiger partial charge in [-0.05, 0) is 53.1 Å². The summed E-state index contributed by atoms with van der Waals surface area (Å²) in [4.78, 5) is 15.4. The van der Waals surface area contributed by atoms with Crippen molar-refractivity contribution in [2.45, 2.75) is 32.6 Å². The van der Waals surface area contributed by atoms with Crippen LogP contribution in [0.1, 0.15) is 46.8 Å². The molecule has 34 heavy (non-hydrogen) atoms. The zero-order chi connectivity index (χ0) is 23.8. The number of amides is 1. The molecule has 1 aliphatic carbocycles. The second-order valence-corrected chi connectivity index (χ2v) is 9.86. The number of nitrogens with two attached hydrogens (primary N) is 1. The van der Waals surface area contributed by atoms with Gasteiger partial charge in [0.1, 0.15) is 0 Å². The highest BCUT2D eigenvalue weighted by Gasteiger charge is 2.34. The fraction of sp³-hybridized carbons (Fsp3) is 0.321. The smallest absolute Gasteiger partial charge is 0.249 e. The maximum Gasteiger partial charge on any atom is 0.249 e. The average molecular weight is 494 g/mol. The van der Waals surface area contributed by atoms with Crippen LogP contribution >= 0.6 is 23.2 Å². The molecule has 1 fully saturated rings. The molecule has 3 aromatic rings. The Balaban J connectivity index is 1.94. The predicted molar refractivity (Wildman–Crippen MR) is 142 cm³/mol. The molecule has 0 bridgehead atoms. The Kier molecular flexibility index (Phi) is 6.57. The van der Waals surface area contributed by atoms with Crippen LogP contribution in [-0.2, 0) is 12.8 Å². The first kappa shape index (κ1) is 23.2. The third-order valence-corrected chi connectivity index (χ3v) is 7.83. The van der Waals surface area contributed by atoms with Gasteiger partial charge in [-0.3, -0.25) is 4.79 Å². The van der Waals surface area contributed by atoms with Gasteiger partial charge in [0.25, 0.3) is 0 Å². The summed E-state index contributed by atoms with van der Waals surface area (Å²) in [5, 5.41) is 4.52. The van der Waals surface area contributed by atoms with E-state index in [4.69, 9.17) is 28.9 Å².